The molecule has 0 spiro atoms. The van der Waals surface area contributed by atoms with E-state index in [0.29, 0.717) is 0 Å². The van der Waals surface area contributed by atoms with E-state index in [-0.39, 0.29) is 29.9 Å². The monoisotopic (exact) mass is 381 g/mol. The first-order chi connectivity index (χ1) is 6.39. The Morgan fingerprint density at radius 2 is 1.87 bits per heavy atom. The first-order valence-corrected chi connectivity index (χ1v) is 11.2. The third-order valence-corrected chi connectivity index (χ3v) is 5.78. The second-order valence-electron chi connectivity index (χ2n) is 4.24. The van der Waals surface area contributed by atoms with Crippen molar-refractivity contribution in [2.75, 3.05) is 5.32 Å². The molecule has 0 saturated carbocycles. The van der Waals surface area contributed by atoms with E-state index in [4.69, 9.17) is 0 Å². The number of nitrogens with one attached hydrogen (secondary N) is 1. The molecule has 1 aromatic rings. The predicted octanol–water partition coefficient (Wildman–Crippen LogP) is -0.806. The molecule has 0 aliphatic heterocycles. The third kappa shape index (κ3) is 5.03. The molecule has 0 fully saturated rings. The van der Waals surface area contributed by atoms with Gasteiger partial charge in [0.2, 0.25) is 0 Å². The second-order valence-corrected chi connectivity index (χ2v) is 13.8. The molecule has 84 valence electrons. The summed E-state index contributed by atoms with van der Waals surface area (Å²) in [5.74, 6) is -0.0123. The molecular weight excluding hydrogens is 364 g/mol. The molecule has 0 aromatic heterocycles. The number of amides is 1. The Labute approximate surface area is 111 Å². The maximum Gasteiger partial charge on any atom is -1.00 e. The van der Waals surface area contributed by atoms with Crippen molar-refractivity contribution in [1.82, 2.24) is 0 Å². The minimum Gasteiger partial charge on any atom is -1.00 e. The predicted molar refractivity (Wildman–Crippen MR) is 63.7 cm³/mol. The summed E-state index contributed by atoms with van der Waals surface area (Å²) >= 11 is -1.60. The fourth-order valence-corrected chi connectivity index (χ4v) is 3.43. The van der Waals surface area contributed by atoms with Gasteiger partial charge >= 0.3 is 87.9 Å². The Kier molecular flexibility index (Phi) is 5.89. The normalized spacial score (nSPS) is 10.4. The zero-order chi connectivity index (χ0) is 10.8. The molecule has 0 atom stereocenters. The van der Waals surface area contributed by atoms with E-state index in [9.17, 15) is 4.79 Å². The fourth-order valence-electron chi connectivity index (χ4n) is 1.20. The molecular formula is C11H17AsINO. The summed E-state index contributed by atoms with van der Waals surface area (Å²) < 4.78 is 1.40. The summed E-state index contributed by atoms with van der Waals surface area (Å²) in [5, 5.41) is 2.81. The Morgan fingerprint density at radius 1 is 1.27 bits per heavy atom. The van der Waals surface area contributed by atoms with Crippen LogP contribution in [0.15, 0.2) is 24.3 Å². The van der Waals surface area contributed by atoms with Gasteiger partial charge in [0.1, 0.15) is 0 Å². The van der Waals surface area contributed by atoms with Gasteiger partial charge in [-0.05, 0) is 0 Å². The number of benzene rings is 1. The van der Waals surface area contributed by atoms with Crippen molar-refractivity contribution in [1.29, 1.82) is 0 Å². The molecule has 0 aliphatic rings. The minimum absolute atomic E-state index is 0. The summed E-state index contributed by atoms with van der Waals surface area (Å²) in [7, 11) is 0. The van der Waals surface area contributed by atoms with Crippen LogP contribution in [-0.2, 0) is 4.79 Å². The van der Waals surface area contributed by atoms with Crippen LogP contribution in [-0.4, -0.2) is 19.5 Å². The van der Waals surface area contributed by atoms with Crippen LogP contribution in [0.25, 0.3) is 0 Å². The number of carbonyl (C=O) groups excluding carboxylic acids is 1. The van der Waals surface area contributed by atoms with Crippen LogP contribution in [0.2, 0.25) is 17.1 Å². The Bertz CT molecular complexity index is 347. The molecule has 2 nitrogen and oxygen atoms in total. The van der Waals surface area contributed by atoms with E-state index in [2.05, 4.69) is 34.6 Å². The van der Waals surface area contributed by atoms with Crippen LogP contribution in [0.3, 0.4) is 0 Å². The van der Waals surface area contributed by atoms with Gasteiger partial charge in [-0.2, -0.15) is 0 Å². The van der Waals surface area contributed by atoms with E-state index in [1.807, 2.05) is 12.1 Å². The van der Waals surface area contributed by atoms with Gasteiger partial charge in [-0.1, -0.05) is 0 Å². The van der Waals surface area contributed by atoms with Crippen molar-refractivity contribution in [2.24, 2.45) is 0 Å². The summed E-state index contributed by atoms with van der Waals surface area (Å²) in [6.45, 7) is 1.53. The number of anilines is 1. The van der Waals surface area contributed by atoms with Crippen LogP contribution < -0.4 is 33.6 Å². The number of halogens is 1. The number of hydrogen-bond donors (Lipinski definition) is 1. The third-order valence-electron chi connectivity index (χ3n) is 1.94. The van der Waals surface area contributed by atoms with Gasteiger partial charge in [0.25, 0.3) is 0 Å². The number of rotatable bonds is 2. The molecule has 1 amide bonds. The van der Waals surface area contributed by atoms with Gasteiger partial charge in [0.05, 0.1) is 0 Å². The minimum atomic E-state index is -1.60. The molecule has 0 heterocycles. The van der Waals surface area contributed by atoms with Gasteiger partial charge in [-0.25, -0.2) is 0 Å². The zero-order valence-corrected chi connectivity index (χ0v) is 13.6. The Balaban J connectivity index is 0.00000196. The standard InChI is InChI=1S/C11H16AsNO.HI/c1-9(14)13-11-7-5-6-10(8-11)12(2,3)4;/h5-8H,1-4H3;1H. The Hall–Kier alpha value is -0.0216. The van der Waals surface area contributed by atoms with Gasteiger partial charge in [-0.3, -0.25) is 0 Å². The molecule has 0 unspecified atom stereocenters. The van der Waals surface area contributed by atoms with Crippen molar-refractivity contribution >= 4 is 29.5 Å². The quantitative estimate of drug-likeness (QED) is 0.528. The molecule has 1 rings (SSSR count). The molecule has 0 bridgehead atoms. The number of hydrogen-bond acceptors (Lipinski definition) is 1. The molecule has 4 heteroatoms. The van der Waals surface area contributed by atoms with E-state index < -0.39 is 13.6 Å². The van der Waals surface area contributed by atoms with Gasteiger partial charge in [0.15, 0.2) is 0 Å². The van der Waals surface area contributed by atoms with Crippen LogP contribution in [0.4, 0.5) is 5.69 Å². The first kappa shape index (κ1) is 15.0. The van der Waals surface area contributed by atoms with Crippen molar-refractivity contribution in [3.8, 4) is 0 Å². The fraction of sp³-hybridized carbons (Fsp3) is 0.364. The van der Waals surface area contributed by atoms with E-state index in [1.54, 1.807) is 0 Å². The molecule has 1 aromatic carbocycles. The van der Waals surface area contributed by atoms with Gasteiger partial charge in [0, 0.05) is 0 Å². The first-order valence-electron chi connectivity index (χ1n) is 4.59. The summed E-state index contributed by atoms with van der Waals surface area (Å²) in [4.78, 5) is 10.9. The maximum absolute atomic E-state index is 10.9. The van der Waals surface area contributed by atoms with E-state index in [0.717, 1.165) is 5.69 Å². The molecule has 0 aliphatic carbocycles. The average molecular weight is 381 g/mol. The van der Waals surface area contributed by atoms with Crippen LogP contribution >= 0.6 is 0 Å². The summed E-state index contributed by atoms with van der Waals surface area (Å²) in [6, 6.07) is 8.18. The average Bonchev–Trinajstić information content (AvgIpc) is 2.01. The molecule has 0 radical (unpaired) electrons. The van der Waals surface area contributed by atoms with Crippen molar-refractivity contribution < 1.29 is 28.8 Å². The summed E-state index contributed by atoms with van der Waals surface area (Å²) in [6.07, 6.45) is 0. The molecule has 0 saturated heterocycles. The van der Waals surface area contributed by atoms with Crippen molar-refractivity contribution in [2.45, 2.75) is 24.1 Å². The van der Waals surface area contributed by atoms with Crippen LogP contribution in [0, 0.1) is 0 Å². The Morgan fingerprint density at radius 3 is 2.33 bits per heavy atom. The van der Waals surface area contributed by atoms with Gasteiger partial charge < -0.3 is 24.0 Å². The van der Waals surface area contributed by atoms with Crippen molar-refractivity contribution in [3.63, 3.8) is 0 Å². The summed E-state index contributed by atoms with van der Waals surface area (Å²) in [5.41, 5.74) is 7.88. The second kappa shape index (κ2) is 5.90. The zero-order valence-electron chi connectivity index (χ0n) is 9.54. The van der Waals surface area contributed by atoms with Crippen molar-refractivity contribution in [3.05, 3.63) is 24.3 Å². The van der Waals surface area contributed by atoms with Gasteiger partial charge in [-0.15, -0.1) is 0 Å². The maximum atomic E-state index is 10.9. The van der Waals surface area contributed by atoms with Crippen LogP contribution in [0.5, 0.6) is 0 Å². The topological polar surface area (TPSA) is 29.1 Å². The smallest absolute Gasteiger partial charge is 1.00 e. The largest absolute Gasteiger partial charge is 1.00 e. The molecule has 1 N–H and O–H groups in total. The SMILES string of the molecule is CC(=O)Nc1cccc([As+](C)(C)C)c1.[I-]. The number of carbonyl (C=O) groups is 1. The van der Waals surface area contributed by atoms with Crippen LogP contribution in [0.1, 0.15) is 6.92 Å². The van der Waals surface area contributed by atoms with E-state index >= 15 is 0 Å². The van der Waals surface area contributed by atoms with E-state index in [1.165, 1.54) is 11.3 Å². The molecule has 15 heavy (non-hydrogen) atoms.